The van der Waals surface area contributed by atoms with Gasteiger partial charge in [0.2, 0.25) is 0 Å². The van der Waals surface area contributed by atoms with Gasteiger partial charge in [0, 0.05) is 12.0 Å². The smallest absolute Gasteiger partial charge is 0.263 e. The Morgan fingerprint density at radius 3 is 2.42 bits per heavy atom. The molecule has 1 heterocycles. The van der Waals surface area contributed by atoms with Gasteiger partial charge in [0.15, 0.2) is 0 Å². The highest BCUT2D eigenvalue weighted by Gasteiger charge is 2.12. The van der Waals surface area contributed by atoms with Gasteiger partial charge in [-0.2, -0.15) is 0 Å². The van der Waals surface area contributed by atoms with Gasteiger partial charge in [-0.15, -0.1) is 0 Å². The molecule has 4 heteroatoms. The standard InChI is InChI=1S/C22H18N2O2/c25-22(24-16-23-20-8-4-5-9-21(20)24)18-10-12-19(13-11-18)26-15-14-17-6-2-1-3-7-17/h1-13,16H,14-15H2. The quantitative estimate of drug-likeness (QED) is 0.542. The van der Waals surface area contributed by atoms with E-state index in [4.69, 9.17) is 4.74 Å². The number of ether oxygens (including phenoxy) is 1. The summed E-state index contributed by atoms with van der Waals surface area (Å²) in [6.07, 6.45) is 2.42. The van der Waals surface area contributed by atoms with E-state index in [0.717, 1.165) is 23.2 Å². The average Bonchev–Trinajstić information content (AvgIpc) is 3.13. The molecule has 0 spiro atoms. The summed E-state index contributed by atoms with van der Waals surface area (Å²) in [5.41, 5.74) is 3.46. The van der Waals surface area contributed by atoms with Crippen molar-refractivity contribution in [2.45, 2.75) is 6.42 Å². The van der Waals surface area contributed by atoms with E-state index in [9.17, 15) is 4.79 Å². The Morgan fingerprint density at radius 1 is 0.885 bits per heavy atom. The van der Waals surface area contributed by atoms with Crippen molar-refractivity contribution < 1.29 is 9.53 Å². The third-order valence-corrected chi connectivity index (χ3v) is 4.28. The number of aromatic nitrogens is 2. The van der Waals surface area contributed by atoms with E-state index < -0.39 is 0 Å². The summed E-state index contributed by atoms with van der Waals surface area (Å²) in [5.74, 6) is 0.655. The molecule has 26 heavy (non-hydrogen) atoms. The lowest BCUT2D eigenvalue weighted by molar-refractivity contribution is 0.0964. The van der Waals surface area contributed by atoms with Crippen molar-refractivity contribution in [1.82, 2.24) is 9.55 Å². The van der Waals surface area contributed by atoms with Crippen LogP contribution in [0.15, 0.2) is 85.2 Å². The molecule has 0 aliphatic rings. The Bertz CT molecular complexity index is 1020. The maximum Gasteiger partial charge on any atom is 0.263 e. The van der Waals surface area contributed by atoms with Gasteiger partial charge in [0.05, 0.1) is 17.6 Å². The Labute approximate surface area is 151 Å². The van der Waals surface area contributed by atoms with Crippen LogP contribution < -0.4 is 4.74 Å². The van der Waals surface area contributed by atoms with Gasteiger partial charge < -0.3 is 4.74 Å². The monoisotopic (exact) mass is 342 g/mol. The molecular weight excluding hydrogens is 324 g/mol. The molecule has 4 rings (SSSR count). The van der Waals surface area contributed by atoms with Crippen molar-refractivity contribution in [3.8, 4) is 5.75 Å². The van der Waals surface area contributed by atoms with Gasteiger partial charge in [-0.3, -0.25) is 9.36 Å². The Balaban J connectivity index is 1.43. The molecule has 4 aromatic rings. The van der Waals surface area contributed by atoms with E-state index in [0.29, 0.717) is 12.2 Å². The third-order valence-electron chi connectivity index (χ3n) is 4.28. The van der Waals surface area contributed by atoms with Crippen molar-refractivity contribution in [3.05, 3.63) is 96.3 Å². The molecule has 1 aromatic heterocycles. The predicted molar refractivity (Wildman–Crippen MR) is 102 cm³/mol. The van der Waals surface area contributed by atoms with Gasteiger partial charge in [-0.25, -0.2) is 4.98 Å². The molecule has 128 valence electrons. The summed E-state index contributed by atoms with van der Waals surface area (Å²) in [6.45, 7) is 0.601. The zero-order valence-corrected chi connectivity index (χ0v) is 14.2. The van der Waals surface area contributed by atoms with Crippen LogP contribution in [0.25, 0.3) is 11.0 Å². The van der Waals surface area contributed by atoms with Crippen LogP contribution in [0.2, 0.25) is 0 Å². The summed E-state index contributed by atoms with van der Waals surface area (Å²) in [5, 5.41) is 0. The van der Waals surface area contributed by atoms with Crippen molar-refractivity contribution in [2.24, 2.45) is 0 Å². The second-order valence-corrected chi connectivity index (χ2v) is 6.02. The lowest BCUT2D eigenvalue weighted by Crippen LogP contribution is -2.10. The Kier molecular flexibility index (Phi) is 4.48. The number of hydrogen-bond donors (Lipinski definition) is 0. The SMILES string of the molecule is O=C(c1ccc(OCCc2ccccc2)cc1)n1cnc2ccccc21. The summed E-state index contributed by atoms with van der Waals surface area (Å²) >= 11 is 0. The number of hydrogen-bond acceptors (Lipinski definition) is 3. The van der Waals surface area contributed by atoms with E-state index in [1.54, 1.807) is 23.0 Å². The lowest BCUT2D eigenvalue weighted by atomic mass is 10.2. The van der Waals surface area contributed by atoms with Crippen LogP contribution in [0.3, 0.4) is 0 Å². The first-order valence-electron chi connectivity index (χ1n) is 8.55. The molecule has 0 aliphatic carbocycles. The lowest BCUT2D eigenvalue weighted by Gasteiger charge is -2.08. The molecule has 0 saturated carbocycles. The summed E-state index contributed by atoms with van der Waals surface area (Å²) in [4.78, 5) is 17.0. The second kappa shape index (κ2) is 7.23. The van der Waals surface area contributed by atoms with E-state index in [1.807, 2.05) is 54.6 Å². The largest absolute Gasteiger partial charge is 0.493 e. The minimum absolute atomic E-state index is 0.102. The highest BCUT2D eigenvalue weighted by molar-refractivity contribution is 6.01. The van der Waals surface area contributed by atoms with E-state index >= 15 is 0 Å². The van der Waals surface area contributed by atoms with Crippen molar-refractivity contribution in [3.63, 3.8) is 0 Å². The van der Waals surface area contributed by atoms with Gasteiger partial charge in [0.25, 0.3) is 5.91 Å². The van der Waals surface area contributed by atoms with Gasteiger partial charge in [-0.05, 0) is 42.0 Å². The number of fused-ring (bicyclic) bond motifs is 1. The molecule has 0 radical (unpaired) electrons. The first-order chi connectivity index (χ1) is 12.8. The number of carbonyl (C=O) groups is 1. The fraction of sp³-hybridized carbons (Fsp3) is 0.0909. The summed E-state index contributed by atoms with van der Waals surface area (Å²) < 4.78 is 7.35. The molecule has 0 saturated heterocycles. The molecule has 4 nitrogen and oxygen atoms in total. The number of benzene rings is 3. The molecule has 0 amide bonds. The van der Waals surface area contributed by atoms with Crippen LogP contribution >= 0.6 is 0 Å². The number of imidazole rings is 1. The molecule has 0 aliphatic heterocycles. The van der Waals surface area contributed by atoms with Crippen LogP contribution in [0.5, 0.6) is 5.75 Å². The molecule has 0 atom stereocenters. The molecule has 0 bridgehead atoms. The van der Waals surface area contributed by atoms with Gasteiger partial charge >= 0.3 is 0 Å². The van der Waals surface area contributed by atoms with Gasteiger partial charge in [0.1, 0.15) is 12.1 Å². The molecule has 0 unspecified atom stereocenters. The molecular formula is C22H18N2O2. The van der Waals surface area contributed by atoms with Crippen molar-refractivity contribution in [2.75, 3.05) is 6.61 Å². The third kappa shape index (κ3) is 3.35. The van der Waals surface area contributed by atoms with Crippen molar-refractivity contribution in [1.29, 1.82) is 0 Å². The minimum atomic E-state index is -0.102. The fourth-order valence-corrected chi connectivity index (χ4v) is 2.89. The number of rotatable bonds is 5. The predicted octanol–water partition coefficient (Wildman–Crippen LogP) is 4.35. The zero-order valence-electron chi connectivity index (χ0n) is 14.2. The van der Waals surface area contributed by atoms with Crippen LogP contribution in [-0.4, -0.2) is 22.1 Å². The highest BCUT2D eigenvalue weighted by Crippen LogP contribution is 2.17. The number of para-hydroxylation sites is 2. The van der Waals surface area contributed by atoms with Crippen LogP contribution in [0.1, 0.15) is 15.9 Å². The van der Waals surface area contributed by atoms with Gasteiger partial charge in [-0.1, -0.05) is 42.5 Å². The van der Waals surface area contributed by atoms with E-state index in [2.05, 4.69) is 17.1 Å². The second-order valence-electron chi connectivity index (χ2n) is 6.02. The van der Waals surface area contributed by atoms with E-state index in [-0.39, 0.29) is 5.91 Å². The topological polar surface area (TPSA) is 44.1 Å². The average molecular weight is 342 g/mol. The first kappa shape index (κ1) is 16.1. The normalized spacial score (nSPS) is 10.8. The molecule has 0 fully saturated rings. The molecule has 3 aromatic carbocycles. The first-order valence-corrected chi connectivity index (χ1v) is 8.55. The highest BCUT2D eigenvalue weighted by atomic mass is 16.5. The molecule has 0 N–H and O–H groups in total. The maximum absolute atomic E-state index is 12.7. The zero-order chi connectivity index (χ0) is 17.8. The fourth-order valence-electron chi connectivity index (χ4n) is 2.89. The Morgan fingerprint density at radius 2 is 1.62 bits per heavy atom. The Hall–Kier alpha value is -3.40. The summed E-state index contributed by atoms with van der Waals surface area (Å²) in [7, 11) is 0. The minimum Gasteiger partial charge on any atom is -0.493 e. The number of carbonyl (C=O) groups excluding carboxylic acids is 1. The van der Waals surface area contributed by atoms with Crippen LogP contribution in [0, 0.1) is 0 Å². The van der Waals surface area contributed by atoms with E-state index in [1.165, 1.54) is 5.56 Å². The van der Waals surface area contributed by atoms with Crippen molar-refractivity contribution >= 4 is 16.9 Å². The van der Waals surface area contributed by atoms with Crippen LogP contribution in [-0.2, 0) is 6.42 Å². The van der Waals surface area contributed by atoms with Crippen LogP contribution in [0.4, 0.5) is 0 Å². The summed E-state index contributed by atoms with van der Waals surface area (Å²) in [6, 6.07) is 25.0. The number of nitrogens with zero attached hydrogens (tertiary/aromatic N) is 2. The maximum atomic E-state index is 12.7.